The molecule has 0 fully saturated rings. The molecule has 0 aliphatic heterocycles. The summed E-state index contributed by atoms with van der Waals surface area (Å²) in [4.78, 5) is 10.9. The molecule has 0 aliphatic rings. The number of hydrogen-bond acceptors (Lipinski definition) is 2. The summed E-state index contributed by atoms with van der Waals surface area (Å²) < 4.78 is 1.46. The minimum atomic E-state index is -0.488. The van der Waals surface area contributed by atoms with Crippen LogP contribution in [0.25, 0.3) is 5.52 Å². The second-order valence-corrected chi connectivity index (χ2v) is 2.36. The van der Waals surface area contributed by atoms with Gasteiger partial charge in [0, 0.05) is 6.07 Å². The molecule has 0 bridgehead atoms. The van der Waals surface area contributed by atoms with Crippen molar-refractivity contribution in [1.82, 2.24) is 9.61 Å². The monoisotopic (exact) mass is 160 g/mol. The molecule has 4 heteroatoms. The van der Waals surface area contributed by atoms with Crippen molar-refractivity contribution in [2.45, 2.75) is 0 Å². The molecule has 0 saturated heterocycles. The molecule has 1 radical (unpaired) electrons. The van der Waals surface area contributed by atoms with Gasteiger partial charge < -0.3 is 5.73 Å². The van der Waals surface area contributed by atoms with Gasteiger partial charge in [-0.2, -0.15) is 5.10 Å². The van der Waals surface area contributed by atoms with Gasteiger partial charge in [0.05, 0.1) is 11.7 Å². The molecule has 0 spiro atoms. The van der Waals surface area contributed by atoms with Gasteiger partial charge in [-0.3, -0.25) is 4.79 Å². The third-order valence-corrected chi connectivity index (χ3v) is 1.60. The highest BCUT2D eigenvalue weighted by atomic mass is 16.1. The maximum Gasteiger partial charge on any atom is 0.267 e. The lowest BCUT2D eigenvalue weighted by Gasteiger charge is -1.97. The van der Waals surface area contributed by atoms with Crippen LogP contribution in [0.2, 0.25) is 0 Å². The van der Waals surface area contributed by atoms with Crippen molar-refractivity contribution in [3.8, 4) is 0 Å². The number of amides is 1. The molecule has 0 unspecified atom stereocenters. The first-order chi connectivity index (χ1) is 5.79. The standard InChI is InChI=1S/C8H6N3O/c9-8(12)7-3-1-2-6-4-5-10-11(6)7/h1,3-5H,(H2,9,12). The van der Waals surface area contributed by atoms with Gasteiger partial charge in [0.15, 0.2) is 0 Å². The predicted molar refractivity (Wildman–Crippen MR) is 42.5 cm³/mol. The zero-order valence-corrected chi connectivity index (χ0v) is 6.19. The van der Waals surface area contributed by atoms with Crippen molar-refractivity contribution in [3.05, 3.63) is 36.2 Å². The minimum absolute atomic E-state index is 0.369. The Hall–Kier alpha value is -1.84. The summed E-state index contributed by atoms with van der Waals surface area (Å²) in [5.74, 6) is -0.488. The van der Waals surface area contributed by atoms with Crippen molar-refractivity contribution in [1.29, 1.82) is 0 Å². The minimum Gasteiger partial charge on any atom is -0.364 e. The van der Waals surface area contributed by atoms with Gasteiger partial charge in [0.1, 0.15) is 5.69 Å². The first-order valence-corrected chi connectivity index (χ1v) is 3.43. The van der Waals surface area contributed by atoms with Crippen LogP contribution >= 0.6 is 0 Å². The average Bonchev–Trinajstić information content (AvgIpc) is 2.49. The maximum atomic E-state index is 10.9. The van der Waals surface area contributed by atoms with E-state index in [9.17, 15) is 4.79 Å². The van der Waals surface area contributed by atoms with E-state index in [0.29, 0.717) is 5.69 Å². The van der Waals surface area contributed by atoms with Gasteiger partial charge in [-0.15, -0.1) is 0 Å². The summed E-state index contributed by atoms with van der Waals surface area (Å²) in [7, 11) is 0. The molecule has 2 rings (SSSR count). The fourth-order valence-corrected chi connectivity index (χ4v) is 1.07. The maximum absolute atomic E-state index is 10.9. The van der Waals surface area contributed by atoms with E-state index < -0.39 is 5.91 Å². The van der Waals surface area contributed by atoms with E-state index in [1.807, 2.05) is 0 Å². The Labute approximate surface area is 68.6 Å². The van der Waals surface area contributed by atoms with Crippen LogP contribution in [0.15, 0.2) is 24.4 Å². The predicted octanol–water partition coefficient (Wildman–Crippen LogP) is 0.233. The van der Waals surface area contributed by atoms with Crippen LogP contribution in [-0.4, -0.2) is 15.5 Å². The average molecular weight is 160 g/mol. The molecule has 0 saturated carbocycles. The molecule has 4 nitrogen and oxygen atoms in total. The molecular weight excluding hydrogens is 154 g/mol. The lowest BCUT2D eigenvalue weighted by molar-refractivity contribution is 0.0993. The van der Waals surface area contributed by atoms with Crippen molar-refractivity contribution in [2.24, 2.45) is 5.73 Å². The fourth-order valence-electron chi connectivity index (χ4n) is 1.07. The third kappa shape index (κ3) is 0.852. The molecule has 59 valence electrons. The SMILES string of the molecule is NC(=O)c1cc[c]c2ccnn12. The molecule has 2 N–H and O–H groups in total. The molecule has 0 atom stereocenters. The number of primary amides is 1. The Morgan fingerprint density at radius 1 is 1.58 bits per heavy atom. The summed E-state index contributed by atoms with van der Waals surface area (Å²) >= 11 is 0. The number of carbonyl (C=O) groups is 1. The quantitative estimate of drug-likeness (QED) is 0.649. The third-order valence-electron chi connectivity index (χ3n) is 1.60. The molecule has 0 aromatic carbocycles. The van der Waals surface area contributed by atoms with E-state index >= 15 is 0 Å². The van der Waals surface area contributed by atoms with Crippen LogP contribution in [0, 0.1) is 6.07 Å². The van der Waals surface area contributed by atoms with E-state index in [1.54, 1.807) is 24.4 Å². The highest BCUT2D eigenvalue weighted by Gasteiger charge is 2.04. The summed E-state index contributed by atoms with van der Waals surface area (Å²) in [6.45, 7) is 0. The number of pyridine rings is 1. The number of aromatic nitrogens is 2. The topological polar surface area (TPSA) is 60.4 Å². The summed E-state index contributed by atoms with van der Waals surface area (Å²) in [6, 6.07) is 7.91. The van der Waals surface area contributed by atoms with E-state index in [4.69, 9.17) is 5.73 Å². The van der Waals surface area contributed by atoms with Gasteiger partial charge >= 0.3 is 0 Å². The largest absolute Gasteiger partial charge is 0.364 e. The second kappa shape index (κ2) is 2.34. The van der Waals surface area contributed by atoms with E-state index in [1.165, 1.54) is 4.52 Å². The fraction of sp³-hybridized carbons (Fsp3) is 0. The number of fused-ring (bicyclic) bond motifs is 1. The van der Waals surface area contributed by atoms with Crippen LogP contribution in [0.3, 0.4) is 0 Å². The molecule has 2 heterocycles. The molecule has 12 heavy (non-hydrogen) atoms. The summed E-state index contributed by atoms with van der Waals surface area (Å²) in [6.07, 6.45) is 1.60. The first kappa shape index (κ1) is 6.84. The number of carbonyl (C=O) groups excluding carboxylic acids is 1. The van der Waals surface area contributed by atoms with E-state index in [0.717, 1.165) is 5.52 Å². The molecule has 1 amide bonds. The smallest absolute Gasteiger partial charge is 0.267 e. The van der Waals surface area contributed by atoms with Crippen molar-refractivity contribution in [2.75, 3.05) is 0 Å². The van der Waals surface area contributed by atoms with Gasteiger partial charge in [0.2, 0.25) is 0 Å². The second-order valence-electron chi connectivity index (χ2n) is 2.36. The number of nitrogens with two attached hydrogens (primary N) is 1. The first-order valence-electron chi connectivity index (χ1n) is 3.43. The van der Waals surface area contributed by atoms with Gasteiger partial charge in [0.25, 0.3) is 5.91 Å². The van der Waals surface area contributed by atoms with Gasteiger partial charge in [-0.1, -0.05) is 0 Å². The molecule has 2 aromatic heterocycles. The Morgan fingerprint density at radius 2 is 2.42 bits per heavy atom. The van der Waals surface area contributed by atoms with E-state index in [-0.39, 0.29) is 0 Å². The van der Waals surface area contributed by atoms with Gasteiger partial charge in [-0.25, -0.2) is 4.52 Å². The highest BCUT2D eigenvalue weighted by Crippen LogP contribution is 2.04. The highest BCUT2D eigenvalue weighted by molar-refractivity contribution is 5.91. The summed E-state index contributed by atoms with van der Waals surface area (Å²) in [5, 5.41) is 3.92. The number of hydrogen-bond donors (Lipinski definition) is 1. The number of rotatable bonds is 1. The lowest BCUT2D eigenvalue weighted by atomic mass is 10.3. The van der Waals surface area contributed by atoms with Crippen molar-refractivity contribution in [3.63, 3.8) is 0 Å². The lowest BCUT2D eigenvalue weighted by Crippen LogP contribution is -2.15. The zero-order valence-electron chi connectivity index (χ0n) is 6.19. The Bertz CT molecular complexity index is 433. The van der Waals surface area contributed by atoms with Crippen molar-refractivity contribution >= 4 is 11.4 Å². The van der Waals surface area contributed by atoms with Crippen molar-refractivity contribution < 1.29 is 4.79 Å². The van der Waals surface area contributed by atoms with Crippen LogP contribution < -0.4 is 5.73 Å². The van der Waals surface area contributed by atoms with E-state index in [2.05, 4.69) is 11.2 Å². The Balaban J connectivity index is 2.82. The van der Waals surface area contributed by atoms with Crippen LogP contribution in [0.5, 0.6) is 0 Å². The number of nitrogens with zero attached hydrogens (tertiary/aromatic N) is 2. The van der Waals surface area contributed by atoms with Crippen LogP contribution in [0.1, 0.15) is 10.5 Å². The summed E-state index contributed by atoms with van der Waals surface area (Å²) in [5.41, 5.74) is 6.24. The Kier molecular flexibility index (Phi) is 1.33. The molecular formula is C8H6N3O. The van der Waals surface area contributed by atoms with Crippen LogP contribution in [0.4, 0.5) is 0 Å². The molecule has 0 aliphatic carbocycles. The van der Waals surface area contributed by atoms with Gasteiger partial charge in [-0.05, 0) is 18.2 Å². The normalized spacial score (nSPS) is 10.3. The van der Waals surface area contributed by atoms with Crippen LogP contribution in [-0.2, 0) is 0 Å². The zero-order chi connectivity index (χ0) is 8.55. The Morgan fingerprint density at radius 3 is 3.17 bits per heavy atom. The molecule has 2 aromatic rings.